The molecule has 1 aromatic heterocycles. The smallest absolute Gasteiger partial charge is 0.136 e. The maximum absolute atomic E-state index is 9.66. The van der Waals surface area contributed by atoms with Crippen molar-refractivity contribution in [3.63, 3.8) is 0 Å². The minimum absolute atomic E-state index is 0.393. The summed E-state index contributed by atoms with van der Waals surface area (Å²) < 4.78 is 5.34. The van der Waals surface area contributed by atoms with Crippen LogP contribution in [0.2, 0.25) is 0 Å². The van der Waals surface area contributed by atoms with Crippen LogP contribution in [0.4, 0.5) is 5.82 Å². The van der Waals surface area contributed by atoms with Crippen molar-refractivity contribution in [2.24, 2.45) is 0 Å². The van der Waals surface area contributed by atoms with Crippen molar-refractivity contribution in [1.82, 2.24) is 4.98 Å². The fraction of sp³-hybridized carbons (Fsp3) is 0.357. The number of pyridine rings is 1. The minimum atomic E-state index is -0.720. The molecule has 1 saturated heterocycles. The van der Waals surface area contributed by atoms with E-state index in [2.05, 4.69) is 4.98 Å². The molecule has 0 bridgehead atoms. The summed E-state index contributed by atoms with van der Waals surface area (Å²) >= 11 is 0. The molecule has 1 aliphatic rings. The lowest BCUT2D eigenvalue weighted by molar-refractivity contribution is 0.0572. The summed E-state index contributed by atoms with van der Waals surface area (Å²) in [5, 5.41) is 21.3. The molecule has 2 atom stereocenters. The maximum atomic E-state index is 9.66. The van der Waals surface area contributed by atoms with Crippen LogP contribution >= 0.6 is 0 Å². The lowest BCUT2D eigenvalue weighted by Gasteiger charge is -2.19. The van der Waals surface area contributed by atoms with E-state index < -0.39 is 12.2 Å². The summed E-state index contributed by atoms with van der Waals surface area (Å²) in [5.74, 6) is 1.56. The lowest BCUT2D eigenvalue weighted by atomic mass is 10.1. The average Bonchev–Trinajstić information content (AvgIpc) is 2.77. The Balaban J connectivity index is 2.10. The van der Waals surface area contributed by atoms with Gasteiger partial charge >= 0.3 is 0 Å². The van der Waals surface area contributed by atoms with Crippen molar-refractivity contribution in [2.75, 3.05) is 25.1 Å². The largest absolute Gasteiger partial charge is 0.496 e. The first-order valence-corrected chi connectivity index (χ1v) is 6.23. The van der Waals surface area contributed by atoms with E-state index in [9.17, 15) is 10.2 Å². The third-order valence-electron chi connectivity index (χ3n) is 3.52. The van der Waals surface area contributed by atoms with Gasteiger partial charge in [0, 0.05) is 30.1 Å². The Hall–Kier alpha value is -1.85. The highest BCUT2D eigenvalue weighted by molar-refractivity contribution is 5.96. The zero-order valence-electron chi connectivity index (χ0n) is 10.7. The number of benzene rings is 1. The van der Waals surface area contributed by atoms with Gasteiger partial charge in [-0.1, -0.05) is 12.1 Å². The monoisotopic (exact) mass is 260 g/mol. The first-order chi connectivity index (χ1) is 9.20. The van der Waals surface area contributed by atoms with Crippen molar-refractivity contribution in [1.29, 1.82) is 0 Å². The van der Waals surface area contributed by atoms with Crippen LogP contribution in [0.25, 0.3) is 10.8 Å². The Labute approximate surface area is 111 Å². The van der Waals surface area contributed by atoms with Gasteiger partial charge in [0.25, 0.3) is 0 Å². The Morgan fingerprint density at radius 2 is 1.89 bits per heavy atom. The summed E-state index contributed by atoms with van der Waals surface area (Å²) in [4.78, 5) is 6.28. The highest BCUT2D eigenvalue weighted by Crippen LogP contribution is 2.32. The average molecular weight is 260 g/mol. The summed E-state index contributed by atoms with van der Waals surface area (Å²) in [6, 6.07) is 7.69. The number of hydrogen-bond donors (Lipinski definition) is 2. The molecule has 3 rings (SSSR count). The van der Waals surface area contributed by atoms with E-state index in [4.69, 9.17) is 4.74 Å². The van der Waals surface area contributed by atoms with E-state index in [0.29, 0.717) is 13.1 Å². The number of aliphatic hydroxyl groups is 2. The molecule has 0 amide bonds. The van der Waals surface area contributed by atoms with E-state index in [1.54, 1.807) is 13.3 Å². The van der Waals surface area contributed by atoms with E-state index in [1.807, 2.05) is 29.2 Å². The molecule has 5 nitrogen and oxygen atoms in total. The fourth-order valence-corrected chi connectivity index (χ4v) is 2.54. The predicted molar refractivity (Wildman–Crippen MR) is 72.5 cm³/mol. The highest BCUT2D eigenvalue weighted by Gasteiger charge is 2.31. The van der Waals surface area contributed by atoms with Crippen molar-refractivity contribution in [2.45, 2.75) is 12.2 Å². The Morgan fingerprint density at radius 1 is 1.16 bits per heavy atom. The molecule has 0 aliphatic carbocycles. The van der Waals surface area contributed by atoms with Crippen molar-refractivity contribution in [3.05, 3.63) is 30.5 Å². The van der Waals surface area contributed by atoms with Crippen LogP contribution in [0.1, 0.15) is 0 Å². The van der Waals surface area contributed by atoms with Gasteiger partial charge < -0.3 is 19.8 Å². The van der Waals surface area contributed by atoms with Crippen LogP contribution in [0.5, 0.6) is 5.75 Å². The van der Waals surface area contributed by atoms with Gasteiger partial charge in [-0.2, -0.15) is 0 Å². The number of hydrogen-bond acceptors (Lipinski definition) is 5. The third kappa shape index (κ3) is 2.01. The minimum Gasteiger partial charge on any atom is -0.496 e. The van der Waals surface area contributed by atoms with E-state index >= 15 is 0 Å². The maximum Gasteiger partial charge on any atom is 0.136 e. The SMILES string of the molecule is COc1cccc2c(N3CC(O)C(O)C3)nccc12. The molecule has 5 heteroatoms. The molecular formula is C14H16N2O3. The zero-order chi connectivity index (χ0) is 13.4. The van der Waals surface area contributed by atoms with E-state index in [1.165, 1.54) is 0 Å². The first-order valence-electron chi connectivity index (χ1n) is 6.23. The number of ether oxygens (including phenoxy) is 1. The molecule has 1 aromatic carbocycles. The predicted octanol–water partition coefficient (Wildman–Crippen LogP) is 0.785. The zero-order valence-corrected chi connectivity index (χ0v) is 10.7. The van der Waals surface area contributed by atoms with E-state index in [0.717, 1.165) is 22.3 Å². The van der Waals surface area contributed by atoms with Gasteiger partial charge in [-0.15, -0.1) is 0 Å². The number of aromatic nitrogens is 1. The number of anilines is 1. The Morgan fingerprint density at radius 3 is 2.58 bits per heavy atom. The van der Waals surface area contributed by atoms with Gasteiger partial charge in [0.2, 0.25) is 0 Å². The number of rotatable bonds is 2. The molecule has 2 aromatic rings. The number of methoxy groups -OCH3 is 1. The Bertz CT molecular complexity index is 592. The molecule has 2 N–H and O–H groups in total. The molecule has 100 valence electrons. The van der Waals surface area contributed by atoms with Gasteiger partial charge in [-0.05, 0) is 12.1 Å². The Kier molecular flexibility index (Phi) is 3.00. The van der Waals surface area contributed by atoms with E-state index in [-0.39, 0.29) is 0 Å². The second-order valence-corrected chi connectivity index (χ2v) is 4.73. The molecule has 2 heterocycles. The normalized spacial score (nSPS) is 23.0. The topological polar surface area (TPSA) is 65.8 Å². The van der Waals surface area contributed by atoms with Gasteiger partial charge in [0.1, 0.15) is 11.6 Å². The van der Waals surface area contributed by atoms with Crippen LogP contribution < -0.4 is 9.64 Å². The quantitative estimate of drug-likeness (QED) is 0.835. The van der Waals surface area contributed by atoms with Crippen molar-refractivity contribution in [3.8, 4) is 5.75 Å². The van der Waals surface area contributed by atoms with Crippen molar-refractivity contribution < 1.29 is 14.9 Å². The van der Waals surface area contributed by atoms with Crippen LogP contribution in [0.15, 0.2) is 30.5 Å². The number of aliphatic hydroxyl groups excluding tert-OH is 2. The molecular weight excluding hydrogens is 244 g/mol. The molecule has 0 radical (unpaired) electrons. The van der Waals surface area contributed by atoms with Gasteiger partial charge in [-0.25, -0.2) is 4.98 Å². The summed E-state index contributed by atoms with van der Waals surface area (Å²) in [6.07, 6.45) is 0.280. The molecule has 1 aliphatic heterocycles. The molecule has 0 spiro atoms. The number of fused-ring (bicyclic) bond motifs is 1. The molecule has 19 heavy (non-hydrogen) atoms. The van der Waals surface area contributed by atoms with Crippen LogP contribution in [0, 0.1) is 0 Å². The molecule has 2 unspecified atom stereocenters. The van der Waals surface area contributed by atoms with Crippen LogP contribution in [-0.4, -0.2) is 47.6 Å². The second-order valence-electron chi connectivity index (χ2n) is 4.73. The first kappa shape index (κ1) is 12.2. The summed E-state index contributed by atoms with van der Waals surface area (Å²) in [5.41, 5.74) is 0. The summed E-state index contributed by atoms with van der Waals surface area (Å²) in [7, 11) is 1.64. The third-order valence-corrected chi connectivity index (χ3v) is 3.52. The number of nitrogens with zero attached hydrogens (tertiary/aromatic N) is 2. The second kappa shape index (κ2) is 4.68. The highest BCUT2D eigenvalue weighted by atomic mass is 16.5. The van der Waals surface area contributed by atoms with Gasteiger partial charge in [0.05, 0.1) is 19.3 Å². The fourth-order valence-electron chi connectivity index (χ4n) is 2.54. The lowest BCUT2D eigenvalue weighted by Crippen LogP contribution is -2.22. The molecule has 1 fully saturated rings. The summed E-state index contributed by atoms with van der Waals surface area (Å²) in [6.45, 7) is 0.787. The number of β-amino-alcohol motifs (C(OH)–C–C–N with tert-alkyl or cyclic N) is 2. The van der Waals surface area contributed by atoms with Crippen LogP contribution in [0.3, 0.4) is 0 Å². The van der Waals surface area contributed by atoms with Crippen molar-refractivity contribution >= 4 is 16.6 Å². The van der Waals surface area contributed by atoms with Gasteiger partial charge in [0.15, 0.2) is 0 Å². The standard InChI is InChI=1S/C14H16N2O3/c1-19-13-4-2-3-10-9(13)5-6-15-14(10)16-7-11(17)12(18)8-16/h2-6,11-12,17-18H,7-8H2,1H3. The van der Waals surface area contributed by atoms with Gasteiger partial charge in [-0.3, -0.25) is 0 Å². The van der Waals surface area contributed by atoms with Crippen LogP contribution in [-0.2, 0) is 0 Å². The molecule has 0 saturated carbocycles.